The highest BCUT2D eigenvalue weighted by Crippen LogP contribution is 2.14. The van der Waals surface area contributed by atoms with E-state index >= 15 is 0 Å². The van der Waals surface area contributed by atoms with Gasteiger partial charge in [-0.15, -0.1) is 0 Å². The van der Waals surface area contributed by atoms with Gasteiger partial charge in [-0.25, -0.2) is 0 Å². The molecule has 0 aromatic heterocycles. The van der Waals surface area contributed by atoms with E-state index in [1.807, 2.05) is 6.21 Å². The molecule has 2 atom stereocenters. The Labute approximate surface area is 59.4 Å². The van der Waals surface area contributed by atoms with Crippen LogP contribution in [0.1, 0.15) is 0 Å². The fourth-order valence-electron chi connectivity index (χ4n) is 1.29. The topological polar surface area (TPSA) is 48.2 Å². The van der Waals surface area contributed by atoms with Crippen molar-refractivity contribution in [1.29, 1.82) is 5.41 Å². The summed E-state index contributed by atoms with van der Waals surface area (Å²) >= 11 is 0. The summed E-state index contributed by atoms with van der Waals surface area (Å²) in [5, 5.41) is 10.3. The van der Waals surface area contributed by atoms with Crippen LogP contribution in [0.2, 0.25) is 0 Å². The molecule has 0 fully saturated rings. The quantitative estimate of drug-likeness (QED) is 0.489. The normalized spacial score (nSPS) is 35.8. The summed E-state index contributed by atoms with van der Waals surface area (Å²) in [7, 11) is 0. The van der Waals surface area contributed by atoms with Crippen LogP contribution in [-0.2, 0) is 0 Å². The van der Waals surface area contributed by atoms with E-state index < -0.39 is 0 Å². The Kier molecular flexibility index (Phi) is 1.09. The molecule has 0 amide bonds. The summed E-state index contributed by atoms with van der Waals surface area (Å²) in [6.07, 6.45) is 5.75. The highest BCUT2D eigenvalue weighted by Gasteiger charge is 2.24. The zero-order chi connectivity index (χ0) is 6.97. The first-order chi connectivity index (χ1) is 4.86. The van der Waals surface area contributed by atoms with Crippen LogP contribution in [-0.4, -0.2) is 24.6 Å². The Morgan fingerprint density at radius 1 is 1.70 bits per heavy atom. The second kappa shape index (κ2) is 1.94. The van der Waals surface area contributed by atoms with Gasteiger partial charge in [0.15, 0.2) is 0 Å². The van der Waals surface area contributed by atoms with Gasteiger partial charge >= 0.3 is 0 Å². The highest BCUT2D eigenvalue weighted by molar-refractivity contribution is 5.94. The van der Waals surface area contributed by atoms with E-state index in [-0.39, 0.29) is 6.04 Å². The Balaban J connectivity index is 2.22. The van der Waals surface area contributed by atoms with Crippen molar-refractivity contribution in [3.05, 3.63) is 12.2 Å². The molecule has 0 saturated carbocycles. The van der Waals surface area contributed by atoms with E-state index in [0.717, 1.165) is 6.54 Å². The fraction of sp³-hybridized carbons (Fsp3) is 0.429. The summed E-state index contributed by atoms with van der Waals surface area (Å²) in [5.74, 6) is 0.990. The molecule has 2 unspecified atom stereocenters. The maximum atomic E-state index is 7.28. The van der Waals surface area contributed by atoms with Crippen LogP contribution in [0.25, 0.3) is 0 Å². The van der Waals surface area contributed by atoms with Crippen molar-refractivity contribution < 1.29 is 0 Å². The number of fused-ring (bicyclic) bond motifs is 1. The Morgan fingerprint density at radius 2 is 2.60 bits per heavy atom. The minimum Gasteiger partial charge on any atom is -0.362 e. The molecule has 0 aliphatic carbocycles. The summed E-state index contributed by atoms with van der Waals surface area (Å²) in [6, 6.07) is 0.289. The van der Waals surface area contributed by atoms with Gasteiger partial charge in [-0.05, 0) is 6.08 Å². The maximum Gasteiger partial charge on any atom is 0.118 e. The van der Waals surface area contributed by atoms with Gasteiger partial charge in [-0.3, -0.25) is 10.4 Å². The average molecular weight is 135 g/mol. The molecular weight excluding hydrogens is 126 g/mol. The lowest BCUT2D eigenvalue weighted by Gasteiger charge is -2.20. The van der Waals surface area contributed by atoms with Crippen molar-refractivity contribution in [3.8, 4) is 0 Å². The standard InChI is InChI=1S/C7H9N3/c8-7-2-1-5-3-9-4-6(5)10-7/h1-2,4-6H,3H2,(H2,8,10). The lowest BCUT2D eigenvalue weighted by molar-refractivity contribution is 0.601. The Morgan fingerprint density at radius 3 is 3.50 bits per heavy atom. The predicted molar refractivity (Wildman–Crippen MR) is 40.6 cm³/mol. The van der Waals surface area contributed by atoms with E-state index in [9.17, 15) is 0 Å². The maximum absolute atomic E-state index is 7.28. The molecule has 0 radical (unpaired) electrons. The first-order valence-electron chi connectivity index (χ1n) is 3.39. The first-order valence-corrected chi connectivity index (χ1v) is 3.39. The average Bonchev–Trinajstić information content (AvgIpc) is 2.33. The first kappa shape index (κ1) is 5.65. The van der Waals surface area contributed by atoms with Crippen LogP contribution in [0.4, 0.5) is 0 Å². The molecule has 0 aromatic carbocycles. The molecule has 10 heavy (non-hydrogen) atoms. The molecule has 0 bridgehead atoms. The van der Waals surface area contributed by atoms with Gasteiger partial charge in [0, 0.05) is 18.7 Å². The van der Waals surface area contributed by atoms with Crippen molar-refractivity contribution >= 4 is 12.1 Å². The number of aliphatic imine (C=N–C) groups is 1. The van der Waals surface area contributed by atoms with Gasteiger partial charge in [0.05, 0.1) is 6.04 Å². The fourth-order valence-corrected chi connectivity index (χ4v) is 1.29. The van der Waals surface area contributed by atoms with Crippen LogP contribution in [0.15, 0.2) is 17.1 Å². The number of nitrogens with zero attached hydrogens (tertiary/aromatic N) is 1. The Hall–Kier alpha value is -1.12. The van der Waals surface area contributed by atoms with Crippen LogP contribution in [0.5, 0.6) is 0 Å². The third kappa shape index (κ3) is 0.744. The summed E-state index contributed by atoms with van der Waals surface area (Å²) in [4.78, 5) is 4.13. The number of amidine groups is 1. The molecular formula is C7H9N3. The van der Waals surface area contributed by atoms with Crippen LogP contribution in [0.3, 0.4) is 0 Å². The molecule has 2 N–H and O–H groups in total. The lowest BCUT2D eigenvalue weighted by atomic mass is 10.00. The molecule has 2 heterocycles. The van der Waals surface area contributed by atoms with Gasteiger partial charge in [-0.2, -0.15) is 0 Å². The smallest absolute Gasteiger partial charge is 0.118 e. The van der Waals surface area contributed by atoms with Gasteiger partial charge in [0.2, 0.25) is 0 Å². The second-order valence-electron chi connectivity index (χ2n) is 2.62. The molecule has 2 aliphatic heterocycles. The zero-order valence-electron chi connectivity index (χ0n) is 5.54. The summed E-state index contributed by atoms with van der Waals surface area (Å²) in [6.45, 7) is 0.876. The van der Waals surface area contributed by atoms with Crippen molar-refractivity contribution in [3.63, 3.8) is 0 Å². The van der Waals surface area contributed by atoms with Crippen molar-refractivity contribution in [2.24, 2.45) is 10.9 Å². The van der Waals surface area contributed by atoms with E-state index in [1.165, 1.54) is 0 Å². The molecule has 3 nitrogen and oxygen atoms in total. The van der Waals surface area contributed by atoms with E-state index in [4.69, 9.17) is 5.41 Å². The number of nitrogens with one attached hydrogen (secondary N) is 2. The van der Waals surface area contributed by atoms with Crippen molar-refractivity contribution in [2.75, 3.05) is 6.54 Å². The number of rotatable bonds is 0. The molecule has 2 rings (SSSR count). The number of hydrogen-bond donors (Lipinski definition) is 2. The number of hydrogen-bond acceptors (Lipinski definition) is 2. The third-order valence-electron chi connectivity index (χ3n) is 1.88. The molecule has 52 valence electrons. The summed E-state index contributed by atoms with van der Waals surface area (Å²) < 4.78 is 0. The predicted octanol–water partition coefficient (Wildman–Crippen LogP) is 0.192. The van der Waals surface area contributed by atoms with Gasteiger partial charge < -0.3 is 5.32 Å². The van der Waals surface area contributed by atoms with Crippen LogP contribution in [0, 0.1) is 11.3 Å². The van der Waals surface area contributed by atoms with Crippen molar-refractivity contribution in [1.82, 2.24) is 5.32 Å². The van der Waals surface area contributed by atoms with Crippen molar-refractivity contribution in [2.45, 2.75) is 6.04 Å². The van der Waals surface area contributed by atoms with Gasteiger partial charge in [0.1, 0.15) is 5.84 Å². The van der Waals surface area contributed by atoms with E-state index in [2.05, 4.69) is 16.4 Å². The van der Waals surface area contributed by atoms with Crippen LogP contribution >= 0.6 is 0 Å². The lowest BCUT2D eigenvalue weighted by Crippen LogP contribution is -2.41. The Bertz CT molecular complexity index is 217. The zero-order valence-corrected chi connectivity index (χ0v) is 5.54. The summed E-state index contributed by atoms with van der Waals surface area (Å²) in [5.41, 5.74) is 0. The molecule has 0 spiro atoms. The van der Waals surface area contributed by atoms with E-state index in [1.54, 1.807) is 6.08 Å². The van der Waals surface area contributed by atoms with Crippen LogP contribution < -0.4 is 5.32 Å². The SMILES string of the molecule is N=C1C=CC2CN=CC2N1. The largest absolute Gasteiger partial charge is 0.362 e. The minimum atomic E-state index is 0.289. The highest BCUT2D eigenvalue weighted by atomic mass is 15.0. The minimum absolute atomic E-state index is 0.289. The monoisotopic (exact) mass is 135 g/mol. The van der Waals surface area contributed by atoms with Gasteiger partial charge in [0.25, 0.3) is 0 Å². The molecule has 3 heteroatoms. The van der Waals surface area contributed by atoms with E-state index in [0.29, 0.717) is 11.8 Å². The molecule has 0 saturated heterocycles. The van der Waals surface area contributed by atoms with Gasteiger partial charge in [-0.1, -0.05) is 6.08 Å². The third-order valence-corrected chi connectivity index (χ3v) is 1.88. The molecule has 0 aromatic rings. The molecule has 2 aliphatic rings. The second-order valence-corrected chi connectivity index (χ2v) is 2.62.